The van der Waals surface area contributed by atoms with Gasteiger partial charge in [-0.25, -0.2) is 8.42 Å². The molecule has 0 amide bonds. The summed E-state index contributed by atoms with van der Waals surface area (Å²) in [5.41, 5.74) is 0. The van der Waals surface area contributed by atoms with Gasteiger partial charge in [0.25, 0.3) is 0 Å². The third kappa shape index (κ3) is 3.00. The molecule has 0 radical (unpaired) electrons. The van der Waals surface area contributed by atoms with Crippen molar-refractivity contribution < 1.29 is 47.3 Å². The molecule has 0 saturated heterocycles. The van der Waals surface area contributed by atoms with Crippen molar-refractivity contribution in [3.8, 4) is 5.75 Å². The van der Waals surface area contributed by atoms with Crippen molar-refractivity contribution in [2.75, 3.05) is 7.11 Å². The molecule has 2 aromatic carbocycles. The quantitative estimate of drug-likeness (QED) is 0.500. The van der Waals surface area contributed by atoms with Crippen molar-refractivity contribution in [3.63, 3.8) is 0 Å². The standard InChI is InChI=1S/C11H10O4S.Na/c1-15-9-5-6-10-8(7-9)3-2-4-11(10)16(12,13)14;/h2-7H,1H3,(H,12,13,14);/q;+1/p-1. The van der Waals surface area contributed by atoms with E-state index >= 15 is 0 Å². The zero-order chi connectivity index (χ0) is 11.8. The average Bonchev–Trinajstić information content (AvgIpc) is 2.26. The Labute approximate surface area is 122 Å². The summed E-state index contributed by atoms with van der Waals surface area (Å²) in [5.74, 6) is 0.618. The summed E-state index contributed by atoms with van der Waals surface area (Å²) in [4.78, 5) is -0.201. The molecule has 0 saturated carbocycles. The molecule has 0 atom stereocenters. The van der Waals surface area contributed by atoms with Gasteiger partial charge in [0.15, 0.2) is 0 Å². The summed E-state index contributed by atoms with van der Waals surface area (Å²) in [6.45, 7) is 0. The van der Waals surface area contributed by atoms with Gasteiger partial charge in [-0.05, 0) is 35.0 Å². The van der Waals surface area contributed by atoms with E-state index in [4.69, 9.17) is 4.74 Å². The van der Waals surface area contributed by atoms with Gasteiger partial charge < -0.3 is 9.29 Å². The molecule has 0 spiro atoms. The van der Waals surface area contributed by atoms with E-state index in [0.717, 1.165) is 0 Å². The number of rotatable bonds is 2. The van der Waals surface area contributed by atoms with Crippen LogP contribution in [0.25, 0.3) is 10.8 Å². The molecular weight excluding hydrogens is 251 g/mol. The van der Waals surface area contributed by atoms with Crippen molar-refractivity contribution in [2.24, 2.45) is 0 Å². The summed E-state index contributed by atoms with van der Waals surface area (Å²) in [6, 6.07) is 9.44. The minimum absolute atomic E-state index is 0. The van der Waals surface area contributed by atoms with Crippen LogP contribution < -0.4 is 34.3 Å². The first-order chi connectivity index (χ1) is 7.52. The number of methoxy groups -OCH3 is 1. The Balaban J connectivity index is 0.00000144. The molecule has 0 aliphatic rings. The van der Waals surface area contributed by atoms with Crippen LogP contribution in [0, 0.1) is 0 Å². The van der Waals surface area contributed by atoms with Crippen LogP contribution in [-0.2, 0) is 10.1 Å². The molecule has 0 unspecified atom stereocenters. The van der Waals surface area contributed by atoms with Crippen molar-refractivity contribution >= 4 is 20.9 Å². The van der Waals surface area contributed by atoms with E-state index < -0.39 is 10.1 Å². The Morgan fingerprint density at radius 3 is 2.47 bits per heavy atom. The van der Waals surface area contributed by atoms with Gasteiger partial charge in [-0.15, -0.1) is 0 Å². The van der Waals surface area contributed by atoms with Crippen LogP contribution in [0.5, 0.6) is 5.75 Å². The van der Waals surface area contributed by atoms with Crippen LogP contribution in [0.15, 0.2) is 41.3 Å². The maximum Gasteiger partial charge on any atom is 1.00 e. The van der Waals surface area contributed by atoms with E-state index in [-0.39, 0.29) is 34.5 Å². The summed E-state index contributed by atoms with van der Waals surface area (Å²) in [6.07, 6.45) is 0. The largest absolute Gasteiger partial charge is 1.00 e. The number of benzene rings is 2. The minimum atomic E-state index is -4.44. The predicted molar refractivity (Wildman–Crippen MR) is 58.5 cm³/mol. The molecule has 2 aromatic rings. The number of hydrogen-bond donors (Lipinski definition) is 0. The Morgan fingerprint density at radius 2 is 1.88 bits per heavy atom. The molecular formula is C11H9NaO4S. The van der Waals surface area contributed by atoms with Crippen LogP contribution >= 0.6 is 0 Å². The van der Waals surface area contributed by atoms with E-state index in [1.165, 1.54) is 19.2 Å². The maximum absolute atomic E-state index is 11.0. The third-order valence-corrected chi connectivity index (χ3v) is 3.21. The first kappa shape index (κ1) is 14.5. The Kier molecular flexibility index (Phi) is 4.57. The molecule has 0 N–H and O–H groups in total. The Morgan fingerprint density at radius 1 is 1.18 bits per heavy atom. The zero-order valence-electron chi connectivity index (χ0n) is 9.51. The van der Waals surface area contributed by atoms with E-state index in [9.17, 15) is 13.0 Å². The fourth-order valence-electron chi connectivity index (χ4n) is 1.58. The molecule has 17 heavy (non-hydrogen) atoms. The molecule has 0 aliphatic carbocycles. The normalized spacial score (nSPS) is 10.9. The number of fused-ring (bicyclic) bond motifs is 1. The smallest absolute Gasteiger partial charge is 0.744 e. The third-order valence-electron chi connectivity index (χ3n) is 2.32. The predicted octanol–water partition coefficient (Wildman–Crippen LogP) is -1.24. The number of ether oxygens (including phenoxy) is 1. The van der Waals surface area contributed by atoms with Gasteiger partial charge in [0.1, 0.15) is 15.9 Å². The zero-order valence-corrected chi connectivity index (χ0v) is 12.3. The van der Waals surface area contributed by atoms with Crippen LogP contribution in [0.1, 0.15) is 0 Å². The average molecular weight is 260 g/mol. The van der Waals surface area contributed by atoms with Crippen LogP contribution in [-0.4, -0.2) is 20.1 Å². The van der Waals surface area contributed by atoms with Crippen molar-refractivity contribution in [3.05, 3.63) is 36.4 Å². The molecule has 0 bridgehead atoms. The summed E-state index contributed by atoms with van der Waals surface area (Å²) in [5, 5.41) is 1.08. The van der Waals surface area contributed by atoms with Crippen LogP contribution in [0.2, 0.25) is 0 Å². The molecule has 0 aromatic heterocycles. The molecule has 6 heteroatoms. The van der Waals surface area contributed by atoms with E-state index in [2.05, 4.69) is 0 Å². The van der Waals surface area contributed by atoms with Crippen LogP contribution in [0.4, 0.5) is 0 Å². The maximum atomic E-state index is 11.0. The van der Waals surface area contributed by atoms with Gasteiger partial charge in [0, 0.05) is 0 Å². The van der Waals surface area contributed by atoms with Gasteiger partial charge in [-0.3, -0.25) is 0 Å². The van der Waals surface area contributed by atoms with Gasteiger partial charge in [0.2, 0.25) is 0 Å². The monoisotopic (exact) mass is 260 g/mol. The molecule has 4 nitrogen and oxygen atoms in total. The fraction of sp³-hybridized carbons (Fsp3) is 0.0909. The molecule has 84 valence electrons. The summed E-state index contributed by atoms with van der Waals surface area (Å²) < 4.78 is 38.1. The van der Waals surface area contributed by atoms with Crippen molar-refractivity contribution in [1.29, 1.82) is 0 Å². The fourth-order valence-corrected chi connectivity index (χ4v) is 2.28. The summed E-state index contributed by atoms with van der Waals surface area (Å²) in [7, 11) is -2.92. The second-order valence-corrected chi connectivity index (χ2v) is 4.65. The molecule has 0 heterocycles. The van der Waals surface area contributed by atoms with Gasteiger partial charge in [0.05, 0.1) is 12.0 Å². The SMILES string of the molecule is COc1ccc2c(S(=O)(=O)[O-])cccc2c1.[Na+]. The van der Waals surface area contributed by atoms with E-state index in [1.807, 2.05) is 0 Å². The minimum Gasteiger partial charge on any atom is -0.744 e. The Hall–Kier alpha value is -0.590. The van der Waals surface area contributed by atoms with Crippen molar-refractivity contribution in [2.45, 2.75) is 4.90 Å². The van der Waals surface area contributed by atoms with Gasteiger partial charge in [-0.1, -0.05) is 12.1 Å². The molecule has 0 fully saturated rings. The van der Waals surface area contributed by atoms with Gasteiger partial charge >= 0.3 is 29.6 Å². The van der Waals surface area contributed by atoms with Crippen molar-refractivity contribution in [1.82, 2.24) is 0 Å². The second-order valence-electron chi connectivity index (χ2n) is 3.30. The molecule has 0 aliphatic heterocycles. The number of hydrogen-bond acceptors (Lipinski definition) is 4. The molecule has 2 rings (SSSR count). The van der Waals surface area contributed by atoms with Gasteiger partial charge in [-0.2, -0.15) is 0 Å². The van der Waals surface area contributed by atoms with E-state index in [1.54, 1.807) is 24.3 Å². The summed E-state index contributed by atoms with van der Waals surface area (Å²) >= 11 is 0. The van der Waals surface area contributed by atoms with E-state index in [0.29, 0.717) is 16.5 Å². The second kappa shape index (κ2) is 5.37. The first-order valence-electron chi connectivity index (χ1n) is 4.55. The first-order valence-corrected chi connectivity index (χ1v) is 5.96. The topological polar surface area (TPSA) is 66.4 Å². The Bertz CT molecular complexity index is 637. The van der Waals surface area contributed by atoms with Crippen LogP contribution in [0.3, 0.4) is 0 Å².